The summed E-state index contributed by atoms with van der Waals surface area (Å²) in [5, 5.41) is 5.97. The van der Waals surface area contributed by atoms with Gasteiger partial charge in [0.1, 0.15) is 5.75 Å². The van der Waals surface area contributed by atoms with Gasteiger partial charge < -0.3 is 10.1 Å². The summed E-state index contributed by atoms with van der Waals surface area (Å²) in [5.41, 5.74) is 7.54. The Morgan fingerprint density at radius 1 is 0.889 bits per heavy atom. The van der Waals surface area contributed by atoms with Gasteiger partial charge in [-0.1, -0.05) is 65.4 Å². The average molecular weight is 500 g/mol. The molecule has 0 saturated carbocycles. The van der Waals surface area contributed by atoms with E-state index in [2.05, 4.69) is 34.7 Å². The Kier molecular flexibility index (Phi) is 7.50. The van der Waals surface area contributed by atoms with Gasteiger partial charge in [-0.3, -0.25) is 10.1 Å². The number of thiazole rings is 1. The fraction of sp³-hybridized carbons (Fsp3) is 0.207. The molecule has 7 heteroatoms. The van der Waals surface area contributed by atoms with Crippen molar-refractivity contribution in [3.8, 4) is 16.9 Å². The van der Waals surface area contributed by atoms with E-state index in [-0.39, 0.29) is 5.78 Å². The van der Waals surface area contributed by atoms with E-state index < -0.39 is 6.03 Å². The van der Waals surface area contributed by atoms with E-state index in [0.717, 1.165) is 27.8 Å². The molecule has 184 valence electrons. The quantitative estimate of drug-likeness (QED) is 0.265. The van der Waals surface area contributed by atoms with Crippen LogP contribution < -0.4 is 15.4 Å². The summed E-state index contributed by atoms with van der Waals surface area (Å²) >= 11 is 1.19. The number of methoxy groups -OCH3 is 1. The van der Waals surface area contributed by atoms with E-state index in [1.54, 1.807) is 14.0 Å². The van der Waals surface area contributed by atoms with Crippen molar-refractivity contribution in [3.63, 3.8) is 0 Å². The normalized spacial score (nSPS) is 10.7. The van der Waals surface area contributed by atoms with Gasteiger partial charge in [-0.25, -0.2) is 9.78 Å². The van der Waals surface area contributed by atoms with Crippen LogP contribution in [0.2, 0.25) is 0 Å². The van der Waals surface area contributed by atoms with Crippen molar-refractivity contribution >= 4 is 34.0 Å². The minimum atomic E-state index is -0.462. The molecule has 36 heavy (non-hydrogen) atoms. The zero-order valence-electron chi connectivity index (χ0n) is 21.1. The third-order valence-electron chi connectivity index (χ3n) is 6.00. The lowest BCUT2D eigenvalue weighted by atomic mass is 9.95. The second kappa shape index (κ2) is 10.7. The second-order valence-electron chi connectivity index (χ2n) is 8.77. The van der Waals surface area contributed by atoms with Gasteiger partial charge in [0.25, 0.3) is 0 Å². The number of Topliss-reactive ketones (excluding diaryl/α,β-unsaturated/α-hetero) is 1. The van der Waals surface area contributed by atoms with Crippen molar-refractivity contribution in [1.29, 1.82) is 0 Å². The second-order valence-corrected chi connectivity index (χ2v) is 9.77. The number of anilines is 2. The molecule has 0 aliphatic rings. The summed E-state index contributed by atoms with van der Waals surface area (Å²) in [7, 11) is 1.56. The first-order chi connectivity index (χ1) is 17.2. The Labute approximate surface area is 215 Å². The van der Waals surface area contributed by atoms with Crippen LogP contribution in [0, 0.1) is 27.7 Å². The predicted molar refractivity (Wildman–Crippen MR) is 147 cm³/mol. The number of aromatic nitrogens is 1. The maximum absolute atomic E-state index is 13.1. The number of hydrogen-bond acceptors (Lipinski definition) is 5. The number of nitrogens with one attached hydrogen (secondary N) is 2. The number of nitrogens with zero attached hydrogens (tertiary/aromatic N) is 1. The van der Waals surface area contributed by atoms with Gasteiger partial charge in [-0.15, -0.1) is 0 Å². The van der Waals surface area contributed by atoms with Crippen molar-refractivity contribution in [2.75, 3.05) is 17.7 Å². The molecule has 2 amide bonds. The number of hydrogen-bond donors (Lipinski definition) is 2. The standard InChI is InChI=1S/C29H29N3O3S/c1-17-13-18(2)23(19(3)14-17)16-25(33)27-20(4)30-29(36-27)32-28(34)31-24-15-22(11-12-26(24)35-5)21-9-7-6-8-10-21/h6-15H,16H2,1-5H3,(H2,30,31,32,34). The molecule has 0 unspecified atom stereocenters. The molecular formula is C29H29N3O3S. The Bertz CT molecular complexity index is 1400. The molecular weight excluding hydrogens is 470 g/mol. The first kappa shape index (κ1) is 25.1. The van der Waals surface area contributed by atoms with E-state index >= 15 is 0 Å². The smallest absolute Gasteiger partial charge is 0.325 e. The van der Waals surface area contributed by atoms with Gasteiger partial charge >= 0.3 is 6.03 Å². The molecule has 1 heterocycles. The van der Waals surface area contributed by atoms with E-state index in [1.807, 2.05) is 62.4 Å². The molecule has 0 radical (unpaired) electrons. The van der Waals surface area contributed by atoms with Crippen LogP contribution in [0.3, 0.4) is 0 Å². The maximum atomic E-state index is 13.1. The van der Waals surface area contributed by atoms with E-state index in [1.165, 1.54) is 16.9 Å². The van der Waals surface area contributed by atoms with Gasteiger partial charge in [0, 0.05) is 6.42 Å². The zero-order chi connectivity index (χ0) is 25.8. The molecule has 0 bridgehead atoms. The molecule has 0 saturated heterocycles. The number of urea groups is 1. The number of benzene rings is 3. The van der Waals surface area contributed by atoms with Gasteiger partial charge in [0.15, 0.2) is 10.9 Å². The molecule has 0 fully saturated rings. The van der Waals surface area contributed by atoms with Crippen molar-refractivity contribution in [2.45, 2.75) is 34.1 Å². The first-order valence-corrected chi connectivity index (χ1v) is 12.5. The number of carbonyl (C=O) groups is 2. The minimum Gasteiger partial charge on any atom is -0.495 e. The number of carbonyl (C=O) groups excluding carboxylic acids is 2. The van der Waals surface area contributed by atoms with Gasteiger partial charge in [-0.2, -0.15) is 0 Å². The molecule has 4 rings (SSSR count). The SMILES string of the molecule is COc1ccc(-c2ccccc2)cc1NC(=O)Nc1nc(C)c(C(=O)Cc2c(C)cc(C)cc2C)s1. The molecule has 3 aromatic carbocycles. The summed E-state index contributed by atoms with van der Waals surface area (Å²) in [4.78, 5) is 30.9. The first-order valence-electron chi connectivity index (χ1n) is 11.6. The third kappa shape index (κ3) is 5.63. The van der Waals surface area contributed by atoms with Crippen LogP contribution in [-0.4, -0.2) is 23.9 Å². The van der Waals surface area contributed by atoms with Crippen molar-refractivity contribution < 1.29 is 14.3 Å². The molecule has 0 spiro atoms. The minimum absolute atomic E-state index is 0.00857. The molecule has 0 aliphatic carbocycles. The number of rotatable bonds is 7. The van der Waals surface area contributed by atoms with E-state index in [0.29, 0.717) is 33.6 Å². The third-order valence-corrected chi connectivity index (χ3v) is 7.12. The van der Waals surface area contributed by atoms with Crippen LogP contribution in [-0.2, 0) is 6.42 Å². The summed E-state index contributed by atoms with van der Waals surface area (Å²) in [6.45, 7) is 7.89. The highest BCUT2D eigenvalue weighted by atomic mass is 32.1. The van der Waals surface area contributed by atoms with Crippen LogP contribution in [0.1, 0.15) is 37.6 Å². The number of ketones is 1. The van der Waals surface area contributed by atoms with Crippen LogP contribution in [0.15, 0.2) is 60.7 Å². The Morgan fingerprint density at radius 2 is 1.58 bits per heavy atom. The van der Waals surface area contributed by atoms with Crippen LogP contribution in [0.4, 0.5) is 15.6 Å². The van der Waals surface area contributed by atoms with Gasteiger partial charge in [-0.05, 0) is 67.6 Å². The number of ether oxygens (including phenoxy) is 1. The molecule has 6 nitrogen and oxygen atoms in total. The summed E-state index contributed by atoms with van der Waals surface area (Å²) in [6.07, 6.45) is 0.302. The number of aryl methyl sites for hydroxylation is 4. The van der Waals surface area contributed by atoms with Crippen molar-refractivity contribution in [3.05, 3.63) is 93.5 Å². The zero-order valence-corrected chi connectivity index (χ0v) is 21.9. The topological polar surface area (TPSA) is 80.3 Å². The Hall–Kier alpha value is -3.97. The van der Waals surface area contributed by atoms with Gasteiger partial charge in [0.2, 0.25) is 0 Å². The molecule has 4 aromatic rings. The van der Waals surface area contributed by atoms with Crippen LogP contribution >= 0.6 is 11.3 Å². The van der Waals surface area contributed by atoms with Crippen LogP contribution in [0.25, 0.3) is 11.1 Å². The summed E-state index contributed by atoms with van der Waals surface area (Å²) in [5.74, 6) is 0.533. The lowest BCUT2D eigenvalue weighted by molar-refractivity contribution is 0.0995. The fourth-order valence-corrected chi connectivity index (χ4v) is 5.20. The molecule has 2 N–H and O–H groups in total. The largest absolute Gasteiger partial charge is 0.495 e. The highest BCUT2D eigenvalue weighted by molar-refractivity contribution is 7.17. The van der Waals surface area contributed by atoms with Crippen molar-refractivity contribution in [1.82, 2.24) is 4.98 Å². The highest BCUT2D eigenvalue weighted by Crippen LogP contribution is 2.31. The van der Waals surface area contributed by atoms with E-state index in [4.69, 9.17) is 4.74 Å². The monoisotopic (exact) mass is 499 g/mol. The molecule has 1 aromatic heterocycles. The predicted octanol–water partition coefficient (Wildman–Crippen LogP) is 7.12. The Balaban J connectivity index is 1.49. The number of amides is 2. The summed E-state index contributed by atoms with van der Waals surface area (Å²) < 4.78 is 5.42. The van der Waals surface area contributed by atoms with Crippen molar-refractivity contribution in [2.24, 2.45) is 0 Å². The summed E-state index contributed by atoms with van der Waals surface area (Å²) in [6, 6.07) is 19.2. The van der Waals surface area contributed by atoms with Gasteiger partial charge in [0.05, 0.1) is 23.4 Å². The fourth-order valence-electron chi connectivity index (χ4n) is 4.30. The lowest BCUT2D eigenvalue weighted by Crippen LogP contribution is -2.19. The maximum Gasteiger partial charge on any atom is 0.325 e. The van der Waals surface area contributed by atoms with E-state index in [9.17, 15) is 9.59 Å². The molecule has 0 aliphatic heterocycles. The average Bonchev–Trinajstić information content (AvgIpc) is 3.21. The molecule has 0 atom stereocenters. The Morgan fingerprint density at radius 3 is 2.25 bits per heavy atom. The highest BCUT2D eigenvalue weighted by Gasteiger charge is 2.19. The van der Waals surface area contributed by atoms with Crippen LogP contribution in [0.5, 0.6) is 5.75 Å². The lowest BCUT2D eigenvalue weighted by Gasteiger charge is -2.12.